The van der Waals surface area contributed by atoms with Crippen molar-refractivity contribution >= 4 is 0 Å². The summed E-state index contributed by atoms with van der Waals surface area (Å²) < 4.78 is 185. The Morgan fingerprint density at radius 2 is 1.29 bits per heavy atom. The highest BCUT2D eigenvalue weighted by atomic mass is 16.3. The van der Waals surface area contributed by atoms with Gasteiger partial charge in [-0.15, -0.1) is 0 Å². The zero-order valence-corrected chi connectivity index (χ0v) is 6.95. The highest BCUT2D eigenvalue weighted by molar-refractivity contribution is 4.80. The molecule has 0 radical (unpaired) electrons. The zero-order valence-electron chi connectivity index (χ0n) is 29.9. The minimum absolute atomic E-state index is 4.19. The third-order valence-corrected chi connectivity index (χ3v) is 1.47. The van der Waals surface area contributed by atoms with Crippen LogP contribution in [0.2, 0.25) is 0 Å². The second-order valence-corrected chi connectivity index (χ2v) is 2.35. The Kier molecular flexibility index (Phi) is 0.599. The van der Waals surface area contributed by atoms with Gasteiger partial charge in [0.1, 0.15) is 0 Å². The lowest BCUT2D eigenvalue weighted by Gasteiger charge is -2.34. The van der Waals surface area contributed by atoms with E-state index in [1.807, 2.05) is 0 Å². The second kappa shape index (κ2) is 5.16. The standard InChI is InChI=1S/C13H24O/c14-13(11-7-3-1-4-8-11)12-9-5-2-6-10-12/h11-14H,1-10H2/i1D2,2D2,3D2,4D2,5D2,6D2,7D2,8D2,9D2,10D2,11D,12D,13D. The lowest BCUT2D eigenvalue weighted by Crippen LogP contribution is -2.31. The first-order chi connectivity index (χ1) is 15.5. The number of hydrogen-bond donors (Lipinski definition) is 1. The summed E-state index contributed by atoms with van der Waals surface area (Å²) in [6.45, 7) is 0. The first-order valence-corrected chi connectivity index (χ1v) is 3.72. The molecule has 1 N–H and O–H groups in total. The highest BCUT2D eigenvalue weighted by Gasteiger charge is 2.29. The predicted molar refractivity (Wildman–Crippen MR) is 59.2 cm³/mol. The Hall–Kier alpha value is -0.0400. The first-order valence-electron chi connectivity index (χ1n) is 15.2. The Morgan fingerprint density at radius 3 is 1.64 bits per heavy atom. The smallest absolute Gasteiger partial charge is 0.0606 e. The average Bonchev–Trinajstić information content (AvgIpc) is 2.68. The van der Waals surface area contributed by atoms with E-state index in [-0.39, 0.29) is 0 Å². The summed E-state index contributed by atoms with van der Waals surface area (Å²) in [4.78, 5) is 0. The van der Waals surface area contributed by atoms with Gasteiger partial charge in [-0.1, -0.05) is 38.2 Å². The van der Waals surface area contributed by atoms with Gasteiger partial charge in [-0.25, -0.2) is 0 Å². The van der Waals surface area contributed by atoms with E-state index in [1.54, 1.807) is 0 Å². The maximum absolute atomic E-state index is 11.3. The van der Waals surface area contributed by atoms with Crippen LogP contribution in [0, 0.1) is 11.8 Å². The second-order valence-electron chi connectivity index (χ2n) is 2.35. The van der Waals surface area contributed by atoms with Crippen LogP contribution >= 0.6 is 0 Å². The van der Waals surface area contributed by atoms with Crippen molar-refractivity contribution in [2.75, 3.05) is 0 Å². The van der Waals surface area contributed by atoms with Crippen LogP contribution in [-0.2, 0) is 0 Å². The minimum atomic E-state index is -5.20. The van der Waals surface area contributed by atoms with E-state index < -0.39 is 81.6 Å². The van der Waals surface area contributed by atoms with Gasteiger partial charge >= 0.3 is 0 Å². The van der Waals surface area contributed by atoms with Crippen LogP contribution < -0.4 is 0 Å². The van der Waals surface area contributed by atoms with E-state index in [0.717, 1.165) is 0 Å². The molecule has 0 aromatic carbocycles. The van der Waals surface area contributed by atoms with E-state index in [1.165, 1.54) is 0 Å². The lowest BCUT2D eigenvalue weighted by molar-refractivity contribution is 0.0186. The lowest BCUT2D eigenvalue weighted by atomic mass is 9.75. The Balaban J connectivity index is 3.23. The van der Waals surface area contributed by atoms with Gasteiger partial charge in [-0.05, 0) is 37.3 Å². The third-order valence-electron chi connectivity index (χ3n) is 1.47. The number of hydrogen-bond acceptors (Lipinski definition) is 1. The van der Waals surface area contributed by atoms with Gasteiger partial charge in [0.25, 0.3) is 0 Å². The van der Waals surface area contributed by atoms with Crippen molar-refractivity contribution in [2.45, 2.75) is 69.8 Å². The first kappa shape index (κ1) is 1.63. The minimum Gasteiger partial charge on any atom is -0.393 e. The molecule has 2 aliphatic rings. The van der Waals surface area contributed by atoms with E-state index in [4.69, 9.17) is 31.5 Å². The summed E-state index contributed by atoms with van der Waals surface area (Å²) in [7, 11) is 0. The van der Waals surface area contributed by atoms with Gasteiger partial charge < -0.3 is 5.11 Å². The summed E-state index contributed by atoms with van der Waals surface area (Å²) >= 11 is 0. The van der Waals surface area contributed by atoms with Gasteiger partial charge in [0, 0.05) is 30.2 Å². The molecule has 82 valence electrons. The fraction of sp³-hybridized carbons (Fsp3) is 1.00. The molecule has 0 aromatic rings. The molecule has 1 nitrogen and oxygen atoms in total. The van der Waals surface area contributed by atoms with Crippen LogP contribution in [0.25, 0.3) is 0 Å². The SMILES string of the molecule is [2H]C1([2H])C([2H])([2H])C([2H])([2H])C([2H])(C([2H])(O)C2([2H])C([2H])([2H])C([2H])([2H])C([2H])([2H])C([2H])([2H])C2([2H])[2H])C([2H])([2H])C1([2H])[2H]. The van der Waals surface area contributed by atoms with Crippen molar-refractivity contribution in [2.24, 2.45) is 11.8 Å². The molecule has 0 aliphatic heterocycles. The molecule has 0 aromatic heterocycles. The molecule has 14 heavy (non-hydrogen) atoms. The Labute approximate surface area is 120 Å². The van der Waals surface area contributed by atoms with Crippen LogP contribution in [0.4, 0.5) is 0 Å². The Morgan fingerprint density at radius 1 is 0.929 bits per heavy atom. The largest absolute Gasteiger partial charge is 0.393 e. The van der Waals surface area contributed by atoms with Crippen LogP contribution in [0.15, 0.2) is 0 Å². The molecule has 0 saturated heterocycles. The van der Waals surface area contributed by atoms with Gasteiger partial charge in [-0.2, -0.15) is 0 Å². The van der Waals surface area contributed by atoms with Crippen LogP contribution in [0.5, 0.6) is 0 Å². The van der Waals surface area contributed by atoms with E-state index in [2.05, 4.69) is 0 Å². The topological polar surface area (TPSA) is 20.2 Å². The third kappa shape index (κ3) is 2.50. The predicted octanol–water partition coefficient (Wildman–Crippen LogP) is 3.51. The van der Waals surface area contributed by atoms with Crippen molar-refractivity contribution in [3.8, 4) is 0 Å². The summed E-state index contributed by atoms with van der Waals surface area (Å²) in [5.41, 5.74) is 0. The molecule has 0 atom stereocenters. The summed E-state index contributed by atoms with van der Waals surface area (Å²) in [5.74, 6) is -9.88. The zero-order chi connectivity index (χ0) is 30.5. The Bertz CT molecular complexity index is 837. The number of aliphatic hydroxyl groups is 1. The molecular weight excluding hydrogens is 172 g/mol. The molecule has 0 amide bonds. The molecule has 0 bridgehead atoms. The van der Waals surface area contributed by atoms with Crippen LogP contribution in [0.3, 0.4) is 0 Å². The van der Waals surface area contributed by atoms with E-state index >= 15 is 0 Å². The molecule has 0 spiro atoms. The molecule has 2 saturated carbocycles. The van der Waals surface area contributed by atoms with Crippen molar-refractivity contribution in [1.29, 1.82) is 0 Å². The molecule has 0 heterocycles. The molecule has 2 rings (SSSR count). The van der Waals surface area contributed by atoms with Crippen LogP contribution in [-0.4, -0.2) is 11.2 Å². The fourth-order valence-corrected chi connectivity index (χ4v) is 0.862. The molecule has 2 aliphatic carbocycles. The molecule has 0 unspecified atom stereocenters. The van der Waals surface area contributed by atoms with Crippen molar-refractivity contribution in [3.63, 3.8) is 0 Å². The van der Waals surface area contributed by atoms with Crippen molar-refractivity contribution in [3.05, 3.63) is 0 Å². The number of rotatable bonds is 2. The van der Waals surface area contributed by atoms with Gasteiger partial charge in [0.05, 0.1) is 7.45 Å². The quantitative estimate of drug-likeness (QED) is 0.753. The van der Waals surface area contributed by atoms with E-state index in [0.29, 0.717) is 0 Å². The van der Waals surface area contributed by atoms with Crippen LogP contribution in [0.1, 0.15) is 95.3 Å². The van der Waals surface area contributed by atoms with Crippen molar-refractivity contribution < 1.29 is 36.6 Å². The summed E-state index contributed by atoms with van der Waals surface area (Å²) in [6.07, 6.45) is -49.6. The average molecular weight is 219 g/mol. The maximum atomic E-state index is 11.3. The fourth-order valence-electron chi connectivity index (χ4n) is 0.862. The molecule has 1 heteroatoms. The van der Waals surface area contributed by atoms with E-state index in [9.17, 15) is 5.11 Å². The monoisotopic (exact) mass is 219 g/mol. The summed E-state index contributed by atoms with van der Waals surface area (Å²) in [5, 5.41) is 11.3. The van der Waals surface area contributed by atoms with Crippen molar-refractivity contribution in [1.82, 2.24) is 0 Å². The molecular formula is C13H24O. The van der Waals surface area contributed by atoms with Gasteiger partial charge in [0.15, 0.2) is 0 Å². The highest BCUT2D eigenvalue weighted by Crippen LogP contribution is 2.35. The van der Waals surface area contributed by atoms with Gasteiger partial charge in [-0.3, -0.25) is 0 Å². The maximum Gasteiger partial charge on any atom is 0.0606 e. The summed E-state index contributed by atoms with van der Waals surface area (Å²) in [6, 6.07) is 0. The van der Waals surface area contributed by atoms with Gasteiger partial charge in [0.2, 0.25) is 0 Å². The normalized spacial score (nSPS) is 92.5. The molecule has 2 fully saturated rings.